The first-order valence-corrected chi connectivity index (χ1v) is 12.1. The standard InChI is InChI=1S/C27H46O/c1-18(2)7-6-8-19(3)23-11-12-24-22-10-9-20-17-21(28)13-15-26(20,4)25(22)14-16-27(23,24)5/h9,18-19,21-25,28H,6-8,10-17H2,1-5H3/t19-,21?,22+,23-,24+,25+,26+,27-/m1/s1/i1D3,2D3. The molecule has 0 aliphatic heterocycles. The molecular weight excluding hydrogens is 340 g/mol. The molecule has 3 saturated carbocycles. The summed E-state index contributed by atoms with van der Waals surface area (Å²) in [6.45, 7) is 2.49. The Morgan fingerprint density at radius 2 is 1.93 bits per heavy atom. The summed E-state index contributed by atoms with van der Waals surface area (Å²) in [7, 11) is 0. The van der Waals surface area contributed by atoms with Crippen molar-refractivity contribution in [2.24, 2.45) is 46.3 Å². The minimum Gasteiger partial charge on any atom is -0.393 e. The van der Waals surface area contributed by atoms with E-state index in [0.717, 1.165) is 43.4 Å². The highest BCUT2D eigenvalue weighted by atomic mass is 16.3. The van der Waals surface area contributed by atoms with Crippen LogP contribution in [-0.2, 0) is 0 Å². The van der Waals surface area contributed by atoms with Crippen LogP contribution in [0.5, 0.6) is 0 Å². The monoisotopic (exact) mass is 392 g/mol. The maximum Gasteiger partial charge on any atom is 0.0577 e. The van der Waals surface area contributed by atoms with Gasteiger partial charge in [0.25, 0.3) is 0 Å². The fraction of sp³-hybridized carbons (Fsp3) is 0.926. The average Bonchev–Trinajstić information content (AvgIpc) is 3.07. The summed E-state index contributed by atoms with van der Waals surface area (Å²) in [5.41, 5.74) is 2.13. The second-order valence-electron chi connectivity index (χ2n) is 11.3. The van der Waals surface area contributed by atoms with Crippen molar-refractivity contribution < 1.29 is 13.3 Å². The molecular formula is C27H46O. The molecule has 0 radical (unpaired) electrons. The Labute approximate surface area is 183 Å². The number of aliphatic hydroxyl groups is 1. The first-order chi connectivity index (χ1) is 15.7. The van der Waals surface area contributed by atoms with Crippen molar-refractivity contribution in [3.63, 3.8) is 0 Å². The fourth-order valence-electron chi connectivity index (χ4n) is 8.46. The number of hydrogen-bond acceptors (Lipinski definition) is 1. The minimum atomic E-state index is -2.42. The maximum absolute atomic E-state index is 10.2. The summed E-state index contributed by atoms with van der Waals surface area (Å²) in [4.78, 5) is 0. The maximum atomic E-state index is 10.2. The van der Waals surface area contributed by atoms with E-state index in [4.69, 9.17) is 8.22 Å². The third-order valence-corrected chi connectivity index (χ3v) is 9.99. The molecule has 1 nitrogen and oxygen atoms in total. The molecule has 0 bridgehead atoms. The van der Waals surface area contributed by atoms with Crippen LogP contribution in [-0.4, -0.2) is 11.2 Å². The van der Waals surface area contributed by atoms with Gasteiger partial charge in [-0.25, -0.2) is 0 Å². The van der Waals surface area contributed by atoms with Crippen molar-refractivity contribution in [3.05, 3.63) is 11.6 Å². The number of aliphatic hydroxyl groups excluding tert-OH is 1. The second-order valence-corrected chi connectivity index (χ2v) is 11.3. The predicted octanol–water partition coefficient (Wildman–Crippen LogP) is 7.39. The van der Waals surface area contributed by atoms with E-state index in [9.17, 15) is 5.11 Å². The van der Waals surface area contributed by atoms with E-state index >= 15 is 0 Å². The highest BCUT2D eigenvalue weighted by Gasteiger charge is 2.59. The van der Waals surface area contributed by atoms with E-state index < -0.39 is 19.6 Å². The number of rotatable bonds is 5. The first kappa shape index (κ1) is 14.7. The van der Waals surface area contributed by atoms with Gasteiger partial charge in [0.1, 0.15) is 0 Å². The van der Waals surface area contributed by atoms with Gasteiger partial charge < -0.3 is 5.11 Å². The largest absolute Gasteiger partial charge is 0.393 e. The molecule has 1 heteroatoms. The third kappa shape index (κ3) is 3.42. The van der Waals surface area contributed by atoms with Crippen LogP contribution in [0.1, 0.15) is 113 Å². The van der Waals surface area contributed by atoms with E-state index in [-0.39, 0.29) is 17.9 Å². The van der Waals surface area contributed by atoms with Crippen molar-refractivity contribution in [1.82, 2.24) is 0 Å². The van der Waals surface area contributed by atoms with Gasteiger partial charge >= 0.3 is 0 Å². The Hall–Kier alpha value is -0.300. The number of fused-ring (bicyclic) bond motifs is 5. The highest BCUT2D eigenvalue weighted by Crippen LogP contribution is 2.67. The summed E-state index contributed by atoms with van der Waals surface area (Å²) < 4.78 is 46.1. The van der Waals surface area contributed by atoms with Gasteiger partial charge in [0, 0.05) is 8.22 Å². The van der Waals surface area contributed by atoms with Crippen LogP contribution < -0.4 is 0 Å². The quantitative estimate of drug-likeness (QED) is 0.484. The molecule has 0 amide bonds. The van der Waals surface area contributed by atoms with Crippen LogP contribution in [0.25, 0.3) is 0 Å². The Bertz CT molecular complexity index is 758. The molecule has 4 aliphatic carbocycles. The molecule has 1 N–H and O–H groups in total. The van der Waals surface area contributed by atoms with E-state index in [1.165, 1.54) is 37.7 Å². The van der Waals surface area contributed by atoms with Crippen molar-refractivity contribution in [3.8, 4) is 0 Å². The van der Waals surface area contributed by atoms with Crippen molar-refractivity contribution >= 4 is 0 Å². The molecule has 0 heterocycles. The van der Waals surface area contributed by atoms with Gasteiger partial charge in [-0.2, -0.15) is 0 Å². The summed E-state index contributed by atoms with van der Waals surface area (Å²) in [5, 5.41) is 10.2. The Balaban J connectivity index is 1.42. The molecule has 3 fully saturated rings. The SMILES string of the molecule is [2H]C([2H])([2H])C(CCC[C@@H](C)[C@H]1CC[C@H]2[C@@H]3CC=C4CC(O)CC[C@]4(C)[C@H]3CC[C@]12C)C([2H])([2H])[2H]. The first-order valence-electron chi connectivity index (χ1n) is 15.1. The molecule has 0 spiro atoms. The van der Waals surface area contributed by atoms with Gasteiger partial charge in [-0.3, -0.25) is 0 Å². The fourth-order valence-corrected chi connectivity index (χ4v) is 8.46. The van der Waals surface area contributed by atoms with Gasteiger partial charge in [0.2, 0.25) is 0 Å². The zero-order valence-corrected chi connectivity index (χ0v) is 18.3. The molecule has 4 rings (SSSR count). The minimum absolute atomic E-state index is 0.156. The predicted molar refractivity (Wildman–Crippen MR) is 119 cm³/mol. The van der Waals surface area contributed by atoms with Crippen LogP contribution in [0.4, 0.5) is 0 Å². The van der Waals surface area contributed by atoms with Crippen LogP contribution in [0.3, 0.4) is 0 Å². The number of allylic oxidation sites excluding steroid dienone is 1. The van der Waals surface area contributed by atoms with E-state index in [2.05, 4.69) is 26.8 Å². The van der Waals surface area contributed by atoms with E-state index in [1.54, 1.807) is 0 Å². The van der Waals surface area contributed by atoms with Crippen LogP contribution in [0.15, 0.2) is 11.6 Å². The molecule has 0 aromatic rings. The summed E-state index contributed by atoms with van der Waals surface area (Å²) in [5.74, 6) is 2.16. The topological polar surface area (TPSA) is 20.2 Å². The lowest BCUT2D eigenvalue weighted by Gasteiger charge is -2.58. The normalized spacial score (nSPS) is 50.6. The zero-order valence-electron chi connectivity index (χ0n) is 24.3. The Morgan fingerprint density at radius 3 is 2.71 bits per heavy atom. The van der Waals surface area contributed by atoms with Crippen molar-refractivity contribution in [2.45, 2.75) is 111 Å². The molecule has 0 aromatic heterocycles. The molecule has 28 heavy (non-hydrogen) atoms. The van der Waals surface area contributed by atoms with Gasteiger partial charge in [0.05, 0.1) is 6.10 Å². The summed E-state index contributed by atoms with van der Waals surface area (Å²) in [6.07, 6.45) is 13.4. The Kier molecular flexibility index (Phi) is 4.06. The van der Waals surface area contributed by atoms with E-state index in [0.29, 0.717) is 23.7 Å². The molecule has 8 atom stereocenters. The molecule has 160 valence electrons. The highest BCUT2D eigenvalue weighted by molar-refractivity contribution is 5.25. The Morgan fingerprint density at radius 1 is 1.11 bits per heavy atom. The molecule has 0 aromatic carbocycles. The summed E-state index contributed by atoms with van der Waals surface area (Å²) >= 11 is 0. The number of hydrogen-bond donors (Lipinski definition) is 1. The van der Waals surface area contributed by atoms with Gasteiger partial charge in [0.15, 0.2) is 0 Å². The van der Waals surface area contributed by atoms with Crippen LogP contribution in [0.2, 0.25) is 0 Å². The van der Waals surface area contributed by atoms with Crippen LogP contribution in [0, 0.1) is 46.3 Å². The molecule has 0 saturated heterocycles. The molecule has 1 unspecified atom stereocenters. The lowest BCUT2D eigenvalue weighted by Crippen LogP contribution is -2.50. The third-order valence-electron chi connectivity index (χ3n) is 9.99. The lowest BCUT2D eigenvalue weighted by molar-refractivity contribution is -0.0573. The van der Waals surface area contributed by atoms with Crippen molar-refractivity contribution in [2.75, 3.05) is 0 Å². The van der Waals surface area contributed by atoms with E-state index in [1.807, 2.05) is 0 Å². The van der Waals surface area contributed by atoms with Gasteiger partial charge in [-0.1, -0.05) is 65.4 Å². The van der Waals surface area contributed by atoms with Gasteiger partial charge in [-0.05, 0) is 97.7 Å². The second kappa shape index (κ2) is 7.75. The van der Waals surface area contributed by atoms with Gasteiger partial charge in [-0.15, -0.1) is 0 Å². The smallest absolute Gasteiger partial charge is 0.0577 e. The molecule has 4 aliphatic rings. The van der Waals surface area contributed by atoms with Crippen LogP contribution >= 0.6 is 0 Å². The summed E-state index contributed by atoms with van der Waals surface area (Å²) in [6, 6.07) is 0. The lowest BCUT2D eigenvalue weighted by atomic mass is 9.47. The average molecular weight is 393 g/mol. The zero-order chi connectivity index (χ0) is 25.1. The van der Waals surface area contributed by atoms with Crippen molar-refractivity contribution in [1.29, 1.82) is 0 Å².